The number of amides is 1. The van der Waals surface area contributed by atoms with E-state index < -0.39 is 0 Å². The van der Waals surface area contributed by atoms with Crippen LogP contribution < -0.4 is 5.32 Å². The molecular weight excluding hydrogens is 320 g/mol. The van der Waals surface area contributed by atoms with Crippen molar-refractivity contribution < 1.29 is 9.21 Å². The molecule has 1 aromatic heterocycles. The molecule has 5 heteroatoms. The van der Waals surface area contributed by atoms with Crippen molar-refractivity contribution in [3.8, 4) is 0 Å². The lowest BCUT2D eigenvalue weighted by Gasteiger charge is -2.17. The van der Waals surface area contributed by atoms with Gasteiger partial charge in [-0.05, 0) is 30.8 Å². The quantitative estimate of drug-likeness (QED) is 0.882. The van der Waals surface area contributed by atoms with Crippen LogP contribution in [0.1, 0.15) is 11.3 Å². The molecule has 0 aliphatic rings. The molecule has 0 radical (unpaired) electrons. The number of nitrogens with one attached hydrogen (secondary N) is 1. The van der Waals surface area contributed by atoms with Gasteiger partial charge < -0.3 is 9.73 Å². The summed E-state index contributed by atoms with van der Waals surface area (Å²) in [6.45, 7) is 1.49. The van der Waals surface area contributed by atoms with E-state index >= 15 is 0 Å². The Hall–Kier alpha value is -1.59. The highest BCUT2D eigenvalue weighted by atomic mass is 79.9. The zero-order valence-corrected chi connectivity index (χ0v) is 12.9. The van der Waals surface area contributed by atoms with Gasteiger partial charge in [-0.1, -0.05) is 34.1 Å². The molecule has 2 rings (SSSR count). The van der Waals surface area contributed by atoms with Crippen LogP contribution in [-0.2, 0) is 17.9 Å². The number of likely N-dealkylation sites (N-methyl/N-ethyl adjacent to an activating group) is 1. The van der Waals surface area contributed by atoms with E-state index in [2.05, 4.69) is 21.2 Å². The van der Waals surface area contributed by atoms with E-state index in [9.17, 15) is 4.79 Å². The van der Waals surface area contributed by atoms with Crippen molar-refractivity contribution in [1.29, 1.82) is 0 Å². The number of halogens is 1. The average molecular weight is 337 g/mol. The molecule has 0 bridgehead atoms. The summed E-state index contributed by atoms with van der Waals surface area (Å²) in [7, 11) is 1.92. The number of benzene rings is 1. The van der Waals surface area contributed by atoms with Gasteiger partial charge >= 0.3 is 0 Å². The van der Waals surface area contributed by atoms with Crippen LogP contribution >= 0.6 is 15.9 Å². The third-order valence-electron chi connectivity index (χ3n) is 2.85. The Morgan fingerprint density at radius 1 is 1.30 bits per heavy atom. The van der Waals surface area contributed by atoms with E-state index in [1.54, 1.807) is 12.3 Å². The SMILES string of the molecule is CN(CC(=O)NCc1ccco1)Cc1ccccc1Br. The van der Waals surface area contributed by atoms with Crippen molar-refractivity contribution in [3.05, 3.63) is 58.5 Å². The van der Waals surface area contributed by atoms with Gasteiger partial charge in [0.15, 0.2) is 0 Å². The Balaban J connectivity index is 1.78. The Kier molecular flexibility index (Phi) is 5.38. The number of carbonyl (C=O) groups is 1. The Bertz CT molecular complexity index is 555. The molecule has 0 fully saturated rings. The fraction of sp³-hybridized carbons (Fsp3) is 0.267. The number of carbonyl (C=O) groups excluding carboxylic acids is 1. The normalized spacial score (nSPS) is 10.8. The van der Waals surface area contributed by atoms with Crippen LogP contribution in [0.25, 0.3) is 0 Å². The van der Waals surface area contributed by atoms with Gasteiger partial charge in [0.05, 0.1) is 19.4 Å². The number of rotatable bonds is 6. The first-order chi connectivity index (χ1) is 9.65. The zero-order valence-electron chi connectivity index (χ0n) is 11.3. The number of furan rings is 1. The summed E-state index contributed by atoms with van der Waals surface area (Å²) >= 11 is 3.51. The third-order valence-corrected chi connectivity index (χ3v) is 3.63. The molecule has 0 aliphatic carbocycles. The van der Waals surface area contributed by atoms with Crippen LogP contribution in [0, 0.1) is 0 Å². The van der Waals surface area contributed by atoms with Gasteiger partial charge in [0.2, 0.25) is 5.91 Å². The first kappa shape index (κ1) is 14.8. The summed E-state index contributed by atoms with van der Waals surface area (Å²) in [4.78, 5) is 13.8. The summed E-state index contributed by atoms with van der Waals surface area (Å²) in [5, 5.41) is 2.83. The molecule has 0 saturated heterocycles. The van der Waals surface area contributed by atoms with E-state index in [0.29, 0.717) is 13.1 Å². The molecule has 0 spiro atoms. The molecule has 0 saturated carbocycles. The first-order valence-corrected chi connectivity index (χ1v) is 7.15. The highest BCUT2D eigenvalue weighted by Gasteiger charge is 2.09. The van der Waals surface area contributed by atoms with Crippen molar-refractivity contribution in [3.63, 3.8) is 0 Å². The van der Waals surface area contributed by atoms with E-state index in [1.165, 1.54) is 0 Å². The summed E-state index contributed by atoms with van der Waals surface area (Å²) < 4.78 is 6.22. The van der Waals surface area contributed by atoms with Crippen molar-refractivity contribution in [2.45, 2.75) is 13.1 Å². The lowest BCUT2D eigenvalue weighted by molar-refractivity contribution is -0.122. The zero-order chi connectivity index (χ0) is 14.4. The molecule has 1 amide bonds. The van der Waals surface area contributed by atoms with Crippen molar-refractivity contribution >= 4 is 21.8 Å². The van der Waals surface area contributed by atoms with Gasteiger partial charge in [0.25, 0.3) is 0 Å². The second-order valence-electron chi connectivity index (χ2n) is 4.62. The van der Waals surface area contributed by atoms with Gasteiger partial charge in [0.1, 0.15) is 5.76 Å². The number of hydrogen-bond acceptors (Lipinski definition) is 3. The predicted octanol–water partition coefficient (Wildman–Crippen LogP) is 2.79. The maximum absolute atomic E-state index is 11.8. The molecule has 20 heavy (non-hydrogen) atoms. The van der Waals surface area contributed by atoms with E-state index in [1.807, 2.05) is 42.3 Å². The summed E-state index contributed by atoms with van der Waals surface area (Å²) in [6, 6.07) is 11.7. The topological polar surface area (TPSA) is 45.5 Å². The second kappa shape index (κ2) is 7.26. The summed E-state index contributed by atoms with van der Waals surface area (Å²) in [5.41, 5.74) is 1.16. The smallest absolute Gasteiger partial charge is 0.234 e. The minimum Gasteiger partial charge on any atom is -0.467 e. The first-order valence-electron chi connectivity index (χ1n) is 6.36. The van der Waals surface area contributed by atoms with Crippen LogP contribution in [-0.4, -0.2) is 24.4 Å². The Labute approximate surface area is 126 Å². The molecule has 106 valence electrons. The number of nitrogens with zero attached hydrogens (tertiary/aromatic N) is 1. The Morgan fingerprint density at radius 3 is 2.80 bits per heavy atom. The fourth-order valence-electron chi connectivity index (χ4n) is 1.87. The van der Waals surface area contributed by atoms with Crippen LogP contribution in [0.3, 0.4) is 0 Å². The molecule has 1 N–H and O–H groups in total. The van der Waals surface area contributed by atoms with Crippen molar-refractivity contribution in [2.75, 3.05) is 13.6 Å². The molecule has 2 aromatic rings. The number of hydrogen-bond donors (Lipinski definition) is 1. The van der Waals surface area contributed by atoms with E-state index in [0.717, 1.165) is 22.3 Å². The highest BCUT2D eigenvalue weighted by Crippen LogP contribution is 2.17. The molecular formula is C15H17BrN2O2. The Morgan fingerprint density at radius 2 is 2.10 bits per heavy atom. The predicted molar refractivity (Wildman–Crippen MR) is 81.0 cm³/mol. The standard InChI is InChI=1S/C15H17BrN2O2/c1-18(10-12-5-2-3-7-14(12)16)11-15(19)17-9-13-6-4-8-20-13/h2-8H,9-11H2,1H3,(H,17,19). The molecule has 1 aromatic carbocycles. The van der Waals surface area contributed by atoms with Crippen LogP contribution in [0.5, 0.6) is 0 Å². The van der Waals surface area contributed by atoms with Gasteiger partial charge in [-0.3, -0.25) is 9.69 Å². The van der Waals surface area contributed by atoms with E-state index in [-0.39, 0.29) is 5.91 Å². The van der Waals surface area contributed by atoms with Crippen molar-refractivity contribution in [2.24, 2.45) is 0 Å². The minimum absolute atomic E-state index is 0.0176. The third kappa shape index (κ3) is 4.51. The molecule has 4 nitrogen and oxygen atoms in total. The van der Waals surface area contributed by atoms with E-state index in [4.69, 9.17) is 4.42 Å². The molecule has 0 aliphatic heterocycles. The maximum atomic E-state index is 11.8. The maximum Gasteiger partial charge on any atom is 0.234 e. The second-order valence-corrected chi connectivity index (χ2v) is 5.47. The lowest BCUT2D eigenvalue weighted by atomic mass is 10.2. The van der Waals surface area contributed by atoms with Gasteiger partial charge in [-0.25, -0.2) is 0 Å². The van der Waals surface area contributed by atoms with Crippen LogP contribution in [0.15, 0.2) is 51.6 Å². The van der Waals surface area contributed by atoms with Gasteiger partial charge in [0, 0.05) is 11.0 Å². The van der Waals surface area contributed by atoms with Gasteiger partial charge in [-0.15, -0.1) is 0 Å². The monoisotopic (exact) mass is 336 g/mol. The molecule has 0 atom stereocenters. The van der Waals surface area contributed by atoms with Gasteiger partial charge in [-0.2, -0.15) is 0 Å². The van der Waals surface area contributed by atoms with Crippen LogP contribution in [0.4, 0.5) is 0 Å². The van der Waals surface area contributed by atoms with Crippen LogP contribution in [0.2, 0.25) is 0 Å². The lowest BCUT2D eigenvalue weighted by Crippen LogP contribution is -2.34. The average Bonchev–Trinajstić information content (AvgIpc) is 2.92. The molecule has 1 heterocycles. The highest BCUT2D eigenvalue weighted by molar-refractivity contribution is 9.10. The van der Waals surface area contributed by atoms with Crippen molar-refractivity contribution in [1.82, 2.24) is 10.2 Å². The largest absolute Gasteiger partial charge is 0.467 e. The molecule has 0 unspecified atom stereocenters. The summed E-state index contributed by atoms with van der Waals surface area (Å²) in [6.07, 6.45) is 1.60. The fourth-order valence-corrected chi connectivity index (χ4v) is 2.28. The summed E-state index contributed by atoms with van der Waals surface area (Å²) in [5.74, 6) is 0.739. The minimum atomic E-state index is -0.0176.